The lowest BCUT2D eigenvalue weighted by Gasteiger charge is -2.46. The van der Waals surface area contributed by atoms with Crippen molar-refractivity contribution in [3.05, 3.63) is 117 Å². The first kappa shape index (κ1) is 37.3. The minimum Gasteiger partial charge on any atom is -0.312 e. The molecule has 302 valence electrons. The number of nitrogens with zero attached hydrogens (tertiary/aromatic N) is 4. The van der Waals surface area contributed by atoms with Crippen LogP contribution in [0.4, 0.5) is 0 Å². The molecular weight excluding hydrogens is 721 g/mol. The molecule has 4 aromatic carbocycles. The predicted octanol–water partition coefficient (Wildman–Crippen LogP) is 10.8. The zero-order valence-corrected chi connectivity index (χ0v) is 36.2. The minimum atomic E-state index is 0.356. The van der Waals surface area contributed by atoms with Crippen LogP contribution in [0.2, 0.25) is 0 Å². The molecule has 1 aliphatic carbocycles. The number of aryl methyl sites for hydroxylation is 2. The van der Waals surface area contributed by atoms with Crippen molar-refractivity contribution in [3.8, 4) is 5.69 Å². The number of hydrogen-bond donors (Lipinski definition) is 2. The number of fused-ring (bicyclic) bond motifs is 9. The number of nitrogens with one attached hydrogen (secondary N) is 2. The highest BCUT2D eigenvalue weighted by atomic mass is 15.2. The summed E-state index contributed by atoms with van der Waals surface area (Å²) in [6, 6.07) is 26.3. The summed E-state index contributed by atoms with van der Waals surface area (Å²) in [4.78, 5) is 7.60. The van der Waals surface area contributed by atoms with Gasteiger partial charge in [-0.3, -0.25) is 4.99 Å². The zero-order chi connectivity index (χ0) is 40.3. The molecule has 6 heteroatoms. The molecule has 5 unspecified atom stereocenters. The average molecular weight is 781 g/mol. The van der Waals surface area contributed by atoms with Gasteiger partial charge in [0.2, 0.25) is 0 Å². The van der Waals surface area contributed by atoms with Crippen LogP contribution in [0.25, 0.3) is 55.0 Å². The number of benzene rings is 4. The first-order valence-electron chi connectivity index (χ1n) is 22.6. The maximum Gasteiger partial charge on any atom is 0.0549 e. The number of hydrogen-bond acceptors (Lipinski definition) is 4. The number of allylic oxidation sites excluding steroid dienone is 5. The molecule has 2 aromatic heterocycles. The van der Waals surface area contributed by atoms with E-state index in [1.807, 2.05) is 0 Å². The van der Waals surface area contributed by atoms with Gasteiger partial charge in [0.1, 0.15) is 0 Å². The van der Waals surface area contributed by atoms with E-state index < -0.39 is 0 Å². The summed E-state index contributed by atoms with van der Waals surface area (Å²) in [7, 11) is 2.32. The van der Waals surface area contributed by atoms with E-state index in [1.165, 1.54) is 120 Å². The molecule has 0 radical (unpaired) electrons. The Hall–Kier alpha value is -4.75. The van der Waals surface area contributed by atoms with E-state index in [9.17, 15) is 0 Å². The van der Waals surface area contributed by atoms with Crippen LogP contribution in [0.15, 0.2) is 100 Å². The quantitative estimate of drug-likeness (QED) is 0.188. The molecule has 0 saturated carbocycles. The van der Waals surface area contributed by atoms with Crippen molar-refractivity contribution in [1.29, 1.82) is 0 Å². The topological polar surface area (TPSA) is 49.5 Å². The molecule has 3 saturated heterocycles. The first-order valence-corrected chi connectivity index (χ1v) is 22.6. The fraction of sp³-hybridized carbons (Fsp3) is 0.415. The van der Waals surface area contributed by atoms with Gasteiger partial charge in [0.15, 0.2) is 0 Å². The summed E-state index contributed by atoms with van der Waals surface area (Å²) >= 11 is 0. The Balaban J connectivity index is 1.17. The number of para-hydroxylation sites is 2. The third kappa shape index (κ3) is 5.58. The highest BCUT2D eigenvalue weighted by molar-refractivity contribution is 6.29. The lowest BCUT2D eigenvalue weighted by atomic mass is 9.71. The summed E-state index contributed by atoms with van der Waals surface area (Å²) in [6.07, 6.45) is 7.50. The maximum absolute atomic E-state index is 5.03. The highest BCUT2D eigenvalue weighted by Gasteiger charge is 2.40. The third-order valence-electron chi connectivity index (χ3n) is 15.3. The van der Waals surface area contributed by atoms with E-state index >= 15 is 0 Å². The molecule has 2 N–H and O–H groups in total. The van der Waals surface area contributed by atoms with Gasteiger partial charge in [-0.15, -0.1) is 0 Å². The van der Waals surface area contributed by atoms with Crippen LogP contribution in [0.5, 0.6) is 0 Å². The second kappa shape index (κ2) is 14.2. The van der Waals surface area contributed by atoms with Crippen molar-refractivity contribution >= 4 is 55.0 Å². The molecule has 3 fully saturated rings. The van der Waals surface area contributed by atoms with Crippen LogP contribution in [-0.4, -0.2) is 72.1 Å². The summed E-state index contributed by atoms with van der Waals surface area (Å²) in [6.45, 7) is 20.5. The van der Waals surface area contributed by atoms with Crippen LogP contribution in [0.3, 0.4) is 0 Å². The first-order chi connectivity index (χ1) is 28.7. The van der Waals surface area contributed by atoms with Crippen LogP contribution < -0.4 is 10.6 Å². The van der Waals surface area contributed by atoms with Crippen LogP contribution in [0.1, 0.15) is 74.6 Å². The van der Waals surface area contributed by atoms with E-state index in [4.69, 9.17) is 4.99 Å². The normalized spacial score (nSPS) is 26.8. The van der Waals surface area contributed by atoms with Crippen LogP contribution in [0, 0.1) is 38.5 Å². The molecule has 11 rings (SSSR count). The second-order valence-electron chi connectivity index (χ2n) is 18.9. The van der Waals surface area contributed by atoms with E-state index in [1.54, 1.807) is 11.1 Å². The summed E-state index contributed by atoms with van der Waals surface area (Å²) < 4.78 is 5.25. The molecule has 6 aromatic rings. The Morgan fingerprint density at radius 1 is 0.746 bits per heavy atom. The Kier molecular flexibility index (Phi) is 8.96. The highest BCUT2D eigenvalue weighted by Crippen LogP contribution is 2.48. The number of piperidine rings is 3. The van der Waals surface area contributed by atoms with Crippen molar-refractivity contribution in [1.82, 2.24) is 24.7 Å². The number of aliphatic imine (C=N–C) groups is 1. The molecule has 0 bridgehead atoms. The smallest absolute Gasteiger partial charge is 0.0549 e. The van der Waals surface area contributed by atoms with Gasteiger partial charge in [-0.05, 0) is 155 Å². The third-order valence-corrected chi connectivity index (χ3v) is 15.3. The van der Waals surface area contributed by atoms with E-state index in [2.05, 4.69) is 146 Å². The van der Waals surface area contributed by atoms with E-state index in [0.29, 0.717) is 29.7 Å². The van der Waals surface area contributed by atoms with Crippen LogP contribution in [-0.2, 0) is 0 Å². The number of likely N-dealkylation sites (N-methyl/N-ethyl adjacent to an activating group) is 1. The molecular formula is C53H60N6. The average Bonchev–Trinajstić information content (AvgIpc) is 3.73. The Morgan fingerprint density at radius 3 is 2.22 bits per heavy atom. The van der Waals surface area contributed by atoms with Crippen molar-refractivity contribution < 1.29 is 0 Å². The van der Waals surface area contributed by atoms with Gasteiger partial charge >= 0.3 is 0 Å². The van der Waals surface area contributed by atoms with Gasteiger partial charge in [0, 0.05) is 77.9 Å². The van der Waals surface area contributed by atoms with Crippen molar-refractivity contribution in [2.75, 3.05) is 46.3 Å². The molecule has 4 aliphatic heterocycles. The fourth-order valence-corrected chi connectivity index (χ4v) is 13.2. The lowest BCUT2D eigenvalue weighted by molar-refractivity contribution is 0.113. The lowest BCUT2D eigenvalue weighted by Crippen LogP contribution is -2.55. The second-order valence-corrected chi connectivity index (χ2v) is 18.9. The number of aromatic nitrogens is 2. The molecule has 5 atom stereocenters. The SMILES string of the molecule is CC1=CC(C)/C(=C2\CNCC3=NCCCC32)C(C)=C1n1c2ccccc2c2c3c4ccccc4n(-c4c(C)cc(C)c(C5CN(C)CC6NCCCC65)c4C)c3ccc21. The summed E-state index contributed by atoms with van der Waals surface area (Å²) in [5.74, 6) is 1.99. The minimum absolute atomic E-state index is 0.356. The summed E-state index contributed by atoms with van der Waals surface area (Å²) in [5, 5.41) is 13.0. The molecule has 0 amide bonds. The Labute approximate surface area is 349 Å². The van der Waals surface area contributed by atoms with Crippen molar-refractivity contribution in [2.24, 2.45) is 22.7 Å². The van der Waals surface area contributed by atoms with Gasteiger partial charge < -0.3 is 24.7 Å². The maximum atomic E-state index is 5.03. The van der Waals surface area contributed by atoms with E-state index in [-0.39, 0.29) is 0 Å². The van der Waals surface area contributed by atoms with Gasteiger partial charge in [-0.2, -0.15) is 0 Å². The molecule has 5 aliphatic rings. The fourth-order valence-electron chi connectivity index (χ4n) is 13.2. The van der Waals surface area contributed by atoms with Gasteiger partial charge in [-0.1, -0.05) is 55.5 Å². The standard InChI is InChI=1S/C53H60N6/c1-30-24-32(3)52(34(5)48(30)40-26-54-27-42-36(40)16-12-22-55-42)58-44-18-10-8-14-38(44)50-46(58)20-21-47-51(50)39-15-9-11-19-45(39)59(47)53-33(4)25-31(2)49(35(53)6)41-28-57(7)29-43-37(41)17-13-23-56-43/h8-11,14-15,18-21,24-25,30,36-37,41,43,54,56H,12-13,16-17,22-23,26-29H2,1-7H3/b48-40-. The van der Waals surface area contributed by atoms with E-state index in [0.717, 1.165) is 39.3 Å². The zero-order valence-electron chi connectivity index (χ0n) is 36.2. The monoisotopic (exact) mass is 780 g/mol. The number of likely N-dealkylation sites (tertiary alicyclic amines) is 1. The van der Waals surface area contributed by atoms with Gasteiger partial charge in [-0.25, -0.2) is 0 Å². The molecule has 59 heavy (non-hydrogen) atoms. The molecule has 0 spiro atoms. The largest absolute Gasteiger partial charge is 0.312 e. The van der Waals surface area contributed by atoms with Gasteiger partial charge in [0.25, 0.3) is 0 Å². The van der Waals surface area contributed by atoms with Crippen molar-refractivity contribution in [3.63, 3.8) is 0 Å². The predicted molar refractivity (Wildman–Crippen MR) is 249 cm³/mol. The Morgan fingerprint density at radius 2 is 1.46 bits per heavy atom. The van der Waals surface area contributed by atoms with Crippen LogP contribution >= 0.6 is 0 Å². The van der Waals surface area contributed by atoms with Crippen molar-refractivity contribution in [2.45, 2.75) is 79.2 Å². The molecule has 6 heterocycles. The van der Waals surface area contributed by atoms with Gasteiger partial charge in [0.05, 0.1) is 33.5 Å². The summed E-state index contributed by atoms with van der Waals surface area (Å²) in [5.41, 5.74) is 20.8. The Bertz CT molecular complexity index is 2860. The number of rotatable bonds is 3. The molecule has 6 nitrogen and oxygen atoms in total.